The molecule has 152 valence electrons. The van der Waals surface area contributed by atoms with Crippen molar-refractivity contribution >= 4 is 17.0 Å². The van der Waals surface area contributed by atoms with Gasteiger partial charge in [-0.15, -0.1) is 0 Å². The van der Waals surface area contributed by atoms with Crippen LogP contribution in [0.25, 0.3) is 33.5 Å². The van der Waals surface area contributed by atoms with Gasteiger partial charge in [-0.2, -0.15) is 0 Å². The lowest BCUT2D eigenvalue weighted by Crippen LogP contribution is -2.04. The van der Waals surface area contributed by atoms with Crippen molar-refractivity contribution in [3.63, 3.8) is 0 Å². The molecule has 1 aromatic heterocycles. The summed E-state index contributed by atoms with van der Waals surface area (Å²) < 4.78 is 85.5. The quantitative estimate of drug-likeness (QED) is 0.342. The third-order valence-corrected chi connectivity index (χ3v) is 4.39. The van der Waals surface area contributed by atoms with Gasteiger partial charge < -0.3 is 10.1 Å². The van der Waals surface area contributed by atoms with Crippen molar-refractivity contribution in [3.05, 3.63) is 76.9 Å². The van der Waals surface area contributed by atoms with Crippen LogP contribution in [0.4, 0.5) is 26.3 Å². The Morgan fingerprint density at radius 2 is 1.40 bits per heavy atom. The number of carboxylic acids is 1. The zero-order valence-corrected chi connectivity index (χ0v) is 14.5. The van der Waals surface area contributed by atoms with E-state index in [1.807, 2.05) is 0 Å². The van der Waals surface area contributed by atoms with Gasteiger partial charge in [-0.05, 0) is 29.8 Å². The van der Waals surface area contributed by atoms with Crippen LogP contribution in [0, 0.1) is 34.9 Å². The van der Waals surface area contributed by atoms with E-state index >= 15 is 0 Å². The fourth-order valence-corrected chi connectivity index (χ4v) is 3.11. The van der Waals surface area contributed by atoms with Gasteiger partial charge >= 0.3 is 5.97 Å². The summed E-state index contributed by atoms with van der Waals surface area (Å²) in [5.41, 5.74) is -3.70. The lowest BCUT2D eigenvalue weighted by atomic mass is 10.0. The van der Waals surface area contributed by atoms with Crippen LogP contribution in [0.15, 0.2) is 36.4 Å². The van der Waals surface area contributed by atoms with Gasteiger partial charge in [0.05, 0.1) is 22.2 Å². The Balaban J connectivity index is 1.98. The highest BCUT2D eigenvalue weighted by Gasteiger charge is 2.29. The van der Waals surface area contributed by atoms with Crippen LogP contribution >= 0.6 is 0 Å². The number of hydrogen-bond donors (Lipinski definition) is 2. The van der Waals surface area contributed by atoms with E-state index in [1.165, 1.54) is 18.2 Å². The summed E-state index contributed by atoms with van der Waals surface area (Å²) in [4.78, 5) is 17.5. The smallest absolute Gasteiger partial charge is 0.337 e. The molecule has 4 rings (SSSR count). The molecular weight excluding hydrogens is 414 g/mol. The number of H-pyrrole nitrogens is 1. The second-order valence-corrected chi connectivity index (χ2v) is 6.26. The fourth-order valence-electron chi connectivity index (χ4n) is 3.11. The van der Waals surface area contributed by atoms with Gasteiger partial charge in [-0.25, -0.2) is 36.1 Å². The summed E-state index contributed by atoms with van der Waals surface area (Å²) >= 11 is 0. The van der Waals surface area contributed by atoms with E-state index in [2.05, 4.69) is 9.97 Å². The SMILES string of the molecule is O=C(O)c1cccc2[nH]c(-c3c(F)c(F)c(-c4cc(F)cc(F)c4)c(F)c3F)nc12. The number of carboxylic acid groups (broad SMARTS) is 1. The molecule has 1 heterocycles. The summed E-state index contributed by atoms with van der Waals surface area (Å²) in [7, 11) is 0. The summed E-state index contributed by atoms with van der Waals surface area (Å²) in [5.74, 6) is -12.0. The second-order valence-electron chi connectivity index (χ2n) is 6.26. The number of para-hydroxylation sites is 1. The van der Waals surface area contributed by atoms with Crippen LogP contribution < -0.4 is 0 Å². The fraction of sp³-hybridized carbons (Fsp3) is 0. The highest BCUT2D eigenvalue weighted by molar-refractivity contribution is 6.01. The van der Waals surface area contributed by atoms with E-state index < -0.39 is 63.4 Å². The topological polar surface area (TPSA) is 66.0 Å². The Morgan fingerprint density at radius 3 is 1.97 bits per heavy atom. The first kappa shape index (κ1) is 19.5. The minimum atomic E-state index is -1.90. The average Bonchev–Trinajstić information content (AvgIpc) is 3.09. The highest BCUT2D eigenvalue weighted by atomic mass is 19.2. The lowest BCUT2D eigenvalue weighted by molar-refractivity contribution is 0.0699. The molecule has 3 aromatic carbocycles. The number of aromatic amines is 1. The van der Waals surface area contributed by atoms with Crippen molar-refractivity contribution in [3.8, 4) is 22.5 Å². The van der Waals surface area contributed by atoms with Gasteiger partial charge in [0.25, 0.3) is 0 Å². The summed E-state index contributed by atoms with van der Waals surface area (Å²) in [6, 6.07) is 5.33. The van der Waals surface area contributed by atoms with Crippen molar-refractivity contribution < 1.29 is 36.2 Å². The van der Waals surface area contributed by atoms with Crippen LogP contribution in [0.1, 0.15) is 10.4 Å². The molecular formula is C20H8F6N2O2. The molecule has 0 aliphatic heterocycles. The average molecular weight is 422 g/mol. The summed E-state index contributed by atoms with van der Waals surface area (Å²) in [6.07, 6.45) is 0. The number of fused-ring (bicyclic) bond motifs is 1. The first-order chi connectivity index (χ1) is 14.2. The number of hydrogen-bond acceptors (Lipinski definition) is 2. The van der Waals surface area contributed by atoms with E-state index in [0.717, 1.165) is 0 Å². The van der Waals surface area contributed by atoms with Crippen molar-refractivity contribution in [1.29, 1.82) is 0 Å². The first-order valence-electron chi connectivity index (χ1n) is 8.23. The zero-order chi connectivity index (χ0) is 21.7. The molecule has 30 heavy (non-hydrogen) atoms. The minimum Gasteiger partial charge on any atom is -0.478 e. The highest BCUT2D eigenvalue weighted by Crippen LogP contribution is 2.37. The van der Waals surface area contributed by atoms with Crippen LogP contribution in [-0.4, -0.2) is 21.0 Å². The predicted molar refractivity (Wildman–Crippen MR) is 93.7 cm³/mol. The molecule has 0 aliphatic carbocycles. The van der Waals surface area contributed by atoms with Crippen LogP contribution in [0.2, 0.25) is 0 Å². The van der Waals surface area contributed by atoms with E-state index in [9.17, 15) is 36.2 Å². The standard InChI is InChI=1S/C20H8F6N2O2/c21-8-4-7(5-9(22)6-8)12-14(23)16(25)13(17(26)15(12)24)19-27-11-3-1-2-10(20(29)30)18(11)28-19/h1-6H,(H,27,28)(H,29,30). The van der Waals surface area contributed by atoms with E-state index in [0.29, 0.717) is 18.2 Å². The number of imidazole rings is 1. The van der Waals surface area contributed by atoms with Crippen LogP contribution in [0.3, 0.4) is 0 Å². The van der Waals surface area contributed by atoms with Crippen molar-refractivity contribution in [1.82, 2.24) is 9.97 Å². The Hall–Kier alpha value is -3.82. The van der Waals surface area contributed by atoms with Gasteiger partial charge in [-0.3, -0.25) is 0 Å². The van der Waals surface area contributed by atoms with Crippen LogP contribution in [0.5, 0.6) is 0 Å². The number of halogens is 6. The molecule has 0 saturated heterocycles. The maximum atomic E-state index is 14.7. The Morgan fingerprint density at radius 1 is 0.833 bits per heavy atom. The van der Waals surface area contributed by atoms with E-state index in [1.54, 1.807) is 0 Å². The van der Waals surface area contributed by atoms with Crippen molar-refractivity contribution in [2.45, 2.75) is 0 Å². The molecule has 2 N–H and O–H groups in total. The van der Waals surface area contributed by atoms with Gasteiger partial charge in [0.15, 0.2) is 23.3 Å². The molecule has 0 fully saturated rings. The molecule has 0 amide bonds. The molecule has 4 nitrogen and oxygen atoms in total. The number of rotatable bonds is 3. The van der Waals surface area contributed by atoms with Gasteiger partial charge in [0, 0.05) is 6.07 Å². The maximum absolute atomic E-state index is 14.7. The molecule has 0 aliphatic rings. The van der Waals surface area contributed by atoms with E-state index in [4.69, 9.17) is 0 Å². The third kappa shape index (κ3) is 2.97. The number of aromatic carboxylic acids is 1. The number of benzene rings is 3. The van der Waals surface area contributed by atoms with Crippen LogP contribution in [-0.2, 0) is 0 Å². The number of nitrogens with zero attached hydrogens (tertiary/aromatic N) is 1. The molecule has 4 aromatic rings. The molecule has 0 unspecified atom stereocenters. The summed E-state index contributed by atoms with van der Waals surface area (Å²) in [6.45, 7) is 0. The summed E-state index contributed by atoms with van der Waals surface area (Å²) in [5, 5.41) is 9.18. The number of carbonyl (C=O) groups is 1. The molecule has 0 radical (unpaired) electrons. The lowest BCUT2D eigenvalue weighted by Gasteiger charge is -2.11. The molecule has 0 bridgehead atoms. The Bertz CT molecular complexity index is 1300. The maximum Gasteiger partial charge on any atom is 0.337 e. The monoisotopic (exact) mass is 422 g/mol. The van der Waals surface area contributed by atoms with Crippen molar-refractivity contribution in [2.24, 2.45) is 0 Å². The molecule has 0 atom stereocenters. The van der Waals surface area contributed by atoms with Crippen molar-refractivity contribution in [2.75, 3.05) is 0 Å². The Labute approximate surface area is 163 Å². The largest absolute Gasteiger partial charge is 0.478 e. The predicted octanol–water partition coefficient (Wildman–Crippen LogP) is 5.43. The number of aromatic nitrogens is 2. The zero-order valence-electron chi connectivity index (χ0n) is 14.5. The normalized spacial score (nSPS) is 11.3. The van der Waals surface area contributed by atoms with E-state index in [-0.39, 0.29) is 16.6 Å². The first-order valence-corrected chi connectivity index (χ1v) is 8.23. The third-order valence-electron chi connectivity index (χ3n) is 4.39. The van der Waals surface area contributed by atoms with Gasteiger partial charge in [0.2, 0.25) is 0 Å². The molecule has 10 heteroatoms. The van der Waals surface area contributed by atoms with Gasteiger partial charge in [-0.1, -0.05) is 6.07 Å². The molecule has 0 saturated carbocycles. The Kier molecular flexibility index (Phi) is 4.49. The molecule has 0 spiro atoms. The number of nitrogens with one attached hydrogen (secondary N) is 1. The minimum absolute atomic E-state index is 0.0563. The second kappa shape index (κ2) is 6.90. The van der Waals surface area contributed by atoms with Gasteiger partial charge in [0.1, 0.15) is 23.0 Å².